The maximum atomic E-state index is 2.47. The maximum Gasteiger partial charge on any atom is 0.0366 e. The minimum Gasteiger partial charge on any atom is -0.372 e. The molecule has 0 bridgehead atoms. The van der Waals surface area contributed by atoms with Crippen LogP contribution in [-0.4, -0.2) is 13.1 Å². The predicted molar refractivity (Wildman–Crippen MR) is 80.0 cm³/mol. The van der Waals surface area contributed by atoms with Crippen molar-refractivity contribution in [1.82, 2.24) is 0 Å². The Kier molecular flexibility index (Phi) is 9.60. The summed E-state index contributed by atoms with van der Waals surface area (Å²) in [5, 5.41) is 0. The fourth-order valence-corrected chi connectivity index (χ4v) is 1.85. The molecule has 0 amide bonds. The molecule has 0 radical (unpaired) electrons. The first-order valence-corrected chi connectivity index (χ1v) is 7.15. The van der Waals surface area contributed by atoms with Crippen molar-refractivity contribution in [3.63, 3.8) is 0 Å². The van der Waals surface area contributed by atoms with Gasteiger partial charge in [0.1, 0.15) is 0 Å². The minimum absolute atomic E-state index is 1.13. The Bertz CT molecular complexity index is 257. The van der Waals surface area contributed by atoms with Gasteiger partial charge in [0.25, 0.3) is 0 Å². The molecule has 0 atom stereocenters. The lowest BCUT2D eigenvalue weighted by molar-refractivity contribution is 0.745. The largest absolute Gasteiger partial charge is 0.372 e. The van der Waals surface area contributed by atoms with Crippen LogP contribution in [0.15, 0.2) is 24.3 Å². The van der Waals surface area contributed by atoms with Crippen LogP contribution in [0.1, 0.15) is 53.0 Å². The van der Waals surface area contributed by atoms with Crippen LogP contribution in [0.5, 0.6) is 0 Å². The summed E-state index contributed by atoms with van der Waals surface area (Å²) in [4.78, 5) is 2.47. The highest BCUT2D eigenvalue weighted by molar-refractivity contribution is 5.47. The van der Waals surface area contributed by atoms with Gasteiger partial charge in [-0.05, 0) is 37.0 Å². The second kappa shape index (κ2) is 10.2. The average Bonchev–Trinajstić information content (AvgIpc) is 2.41. The third-order valence-electron chi connectivity index (χ3n) is 2.70. The Morgan fingerprint density at radius 1 is 0.824 bits per heavy atom. The van der Waals surface area contributed by atoms with Gasteiger partial charge in [-0.25, -0.2) is 0 Å². The Balaban J connectivity index is 0.00000121. The van der Waals surface area contributed by atoms with Crippen LogP contribution in [0.25, 0.3) is 0 Å². The minimum atomic E-state index is 1.13. The average molecular weight is 235 g/mol. The normalized spacial score (nSPS) is 9.47. The van der Waals surface area contributed by atoms with E-state index in [0.29, 0.717) is 0 Å². The highest BCUT2D eigenvalue weighted by atomic mass is 15.1. The Morgan fingerprint density at radius 3 is 1.65 bits per heavy atom. The second-order valence-electron chi connectivity index (χ2n) is 4.01. The SMILES string of the molecule is CC.CCCN(CCC)c1ccc(CC)cc1. The quantitative estimate of drug-likeness (QED) is 0.677. The van der Waals surface area contributed by atoms with Crippen molar-refractivity contribution in [3.8, 4) is 0 Å². The molecule has 1 aromatic carbocycles. The molecule has 1 heteroatoms. The summed E-state index contributed by atoms with van der Waals surface area (Å²) >= 11 is 0. The molecule has 0 spiro atoms. The zero-order valence-electron chi connectivity index (χ0n) is 12.3. The van der Waals surface area contributed by atoms with Crippen LogP contribution < -0.4 is 4.90 Å². The molecule has 0 aliphatic heterocycles. The summed E-state index contributed by atoms with van der Waals surface area (Å²) in [6.45, 7) is 13.0. The van der Waals surface area contributed by atoms with Crippen molar-refractivity contribution < 1.29 is 0 Å². The first-order valence-electron chi connectivity index (χ1n) is 7.15. The van der Waals surface area contributed by atoms with E-state index in [9.17, 15) is 0 Å². The zero-order chi connectivity index (χ0) is 13.1. The molecular formula is C16H29N. The third-order valence-corrected chi connectivity index (χ3v) is 2.70. The van der Waals surface area contributed by atoms with Crippen LogP contribution in [0.4, 0.5) is 5.69 Å². The molecule has 0 aromatic heterocycles. The van der Waals surface area contributed by atoms with Crippen LogP contribution in [-0.2, 0) is 6.42 Å². The number of benzene rings is 1. The first kappa shape index (κ1) is 16.0. The van der Waals surface area contributed by atoms with Crippen LogP contribution >= 0.6 is 0 Å². The molecule has 98 valence electrons. The van der Waals surface area contributed by atoms with Crippen molar-refractivity contribution in [1.29, 1.82) is 0 Å². The summed E-state index contributed by atoms with van der Waals surface area (Å²) in [5.41, 5.74) is 2.79. The molecule has 0 N–H and O–H groups in total. The van der Waals surface area contributed by atoms with Crippen LogP contribution in [0.2, 0.25) is 0 Å². The van der Waals surface area contributed by atoms with Gasteiger partial charge in [-0.15, -0.1) is 0 Å². The fraction of sp³-hybridized carbons (Fsp3) is 0.625. The third kappa shape index (κ3) is 5.76. The summed E-state index contributed by atoms with van der Waals surface area (Å²) in [5.74, 6) is 0. The molecule has 0 unspecified atom stereocenters. The lowest BCUT2D eigenvalue weighted by Crippen LogP contribution is -2.24. The smallest absolute Gasteiger partial charge is 0.0366 e. The zero-order valence-corrected chi connectivity index (χ0v) is 12.3. The van der Waals surface area contributed by atoms with Gasteiger partial charge in [-0.2, -0.15) is 0 Å². The molecule has 0 aliphatic carbocycles. The number of aryl methyl sites for hydroxylation is 1. The van der Waals surface area contributed by atoms with Gasteiger partial charge in [0.15, 0.2) is 0 Å². The molecular weight excluding hydrogens is 206 g/mol. The van der Waals surface area contributed by atoms with Gasteiger partial charge >= 0.3 is 0 Å². The van der Waals surface area contributed by atoms with E-state index >= 15 is 0 Å². The molecule has 1 aromatic rings. The van der Waals surface area contributed by atoms with Gasteiger partial charge < -0.3 is 4.90 Å². The highest BCUT2D eigenvalue weighted by Gasteiger charge is 2.03. The van der Waals surface area contributed by atoms with Crippen molar-refractivity contribution in [2.24, 2.45) is 0 Å². The van der Waals surface area contributed by atoms with E-state index in [2.05, 4.69) is 49.9 Å². The Morgan fingerprint density at radius 2 is 1.29 bits per heavy atom. The molecule has 0 saturated heterocycles. The van der Waals surface area contributed by atoms with Gasteiger partial charge in [0, 0.05) is 18.8 Å². The standard InChI is InChI=1S/C14H23N.C2H6/c1-4-11-15(12-5-2)14-9-7-13(6-3)8-10-14;1-2/h7-10H,4-6,11-12H2,1-3H3;1-2H3. The van der Waals surface area contributed by atoms with E-state index < -0.39 is 0 Å². The van der Waals surface area contributed by atoms with E-state index in [1.54, 1.807) is 0 Å². The van der Waals surface area contributed by atoms with Crippen molar-refractivity contribution in [2.75, 3.05) is 18.0 Å². The van der Waals surface area contributed by atoms with Gasteiger partial charge in [0.05, 0.1) is 0 Å². The Hall–Kier alpha value is -0.980. The number of anilines is 1. The summed E-state index contributed by atoms with van der Waals surface area (Å²) in [7, 11) is 0. The lowest BCUT2D eigenvalue weighted by Gasteiger charge is -2.23. The van der Waals surface area contributed by atoms with Crippen molar-refractivity contribution >= 4 is 5.69 Å². The number of hydrogen-bond donors (Lipinski definition) is 0. The van der Waals surface area contributed by atoms with Crippen LogP contribution in [0.3, 0.4) is 0 Å². The van der Waals surface area contributed by atoms with Crippen LogP contribution in [0, 0.1) is 0 Å². The summed E-state index contributed by atoms with van der Waals surface area (Å²) in [6.07, 6.45) is 3.56. The first-order chi connectivity index (χ1) is 8.31. The summed E-state index contributed by atoms with van der Waals surface area (Å²) < 4.78 is 0. The summed E-state index contributed by atoms with van der Waals surface area (Å²) in [6, 6.07) is 9.00. The molecule has 1 nitrogen and oxygen atoms in total. The molecule has 1 rings (SSSR count). The molecule has 0 heterocycles. The molecule has 0 saturated carbocycles. The predicted octanol–water partition coefficient (Wildman–Crippen LogP) is 4.90. The number of rotatable bonds is 6. The highest BCUT2D eigenvalue weighted by Crippen LogP contribution is 2.16. The van der Waals surface area contributed by atoms with Gasteiger partial charge in [0.2, 0.25) is 0 Å². The van der Waals surface area contributed by atoms with E-state index in [1.807, 2.05) is 13.8 Å². The molecule has 0 fully saturated rings. The molecule has 0 aliphatic rings. The van der Waals surface area contributed by atoms with Gasteiger partial charge in [-0.3, -0.25) is 0 Å². The van der Waals surface area contributed by atoms with E-state index in [4.69, 9.17) is 0 Å². The van der Waals surface area contributed by atoms with Gasteiger partial charge in [-0.1, -0.05) is 46.8 Å². The van der Waals surface area contributed by atoms with E-state index in [0.717, 1.165) is 6.42 Å². The van der Waals surface area contributed by atoms with E-state index in [1.165, 1.54) is 37.2 Å². The topological polar surface area (TPSA) is 3.24 Å². The van der Waals surface area contributed by atoms with Crippen molar-refractivity contribution in [2.45, 2.75) is 53.9 Å². The Labute approximate surface area is 108 Å². The lowest BCUT2D eigenvalue weighted by atomic mass is 10.1. The monoisotopic (exact) mass is 235 g/mol. The van der Waals surface area contributed by atoms with E-state index in [-0.39, 0.29) is 0 Å². The maximum absolute atomic E-state index is 2.47. The second-order valence-corrected chi connectivity index (χ2v) is 4.01. The number of nitrogens with zero attached hydrogens (tertiary/aromatic N) is 1. The van der Waals surface area contributed by atoms with Crippen molar-refractivity contribution in [3.05, 3.63) is 29.8 Å². The number of hydrogen-bond acceptors (Lipinski definition) is 1. The molecule has 17 heavy (non-hydrogen) atoms. The fourth-order valence-electron chi connectivity index (χ4n) is 1.85.